The summed E-state index contributed by atoms with van der Waals surface area (Å²) in [5.41, 5.74) is 2.26. The second-order valence-corrected chi connectivity index (χ2v) is 17.2. The van der Waals surface area contributed by atoms with E-state index in [2.05, 4.69) is 41.8 Å². The van der Waals surface area contributed by atoms with Crippen LogP contribution in [0.3, 0.4) is 0 Å². The Morgan fingerprint density at radius 3 is 2.36 bits per heavy atom. The monoisotopic (exact) mass is 822 g/mol. The van der Waals surface area contributed by atoms with Crippen LogP contribution in [0.4, 0.5) is 27.3 Å². The minimum absolute atomic E-state index is 0.00882. The van der Waals surface area contributed by atoms with E-state index in [0.29, 0.717) is 61.7 Å². The molecule has 7 heterocycles. The van der Waals surface area contributed by atoms with Gasteiger partial charge in [0.25, 0.3) is 17.7 Å². The zero-order valence-corrected chi connectivity index (χ0v) is 33.5. The molecule has 0 saturated carbocycles. The van der Waals surface area contributed by atoms with E-state index in [-0.39, 0.29) is 46.9 Å². The van der Waals surface area contributed by atoms with Crippen LogP contribution in [-0.2, 0) is 9.59 Å². The van der Waals surface area contributed by atoms with Crippen LogP contribution in [0.15, 0.2) is 42.7 Å². The average molecular weight is 823 g/mol. The van der Waals surface area contributed by atoms with Gasteiger partial charge in [-0.25, -0.2) is 19.2 Å². The van der Waals surface area contributed by atoms with Gasteiger partial charge in [-0.15, -0.1) is 0 Å². The highest BCUT2D eigenvalue weighted by Crippen LogP contribution is 2.46. The molecule has 1 spiro atoms. The molecule has 1 N–H and O–H groups in total. The van der Waals surface area contributed by atoms with Gasteiger partial charge in [-0.3, -0.25) is 39.1 Å². The Kier molecular flexibility index (Phi) is 9.99. The van der Waals surface area contributed by atoms with Crippen LogP contribution in [0.5, 0.6) is 0 Å². The fourth-order valence-corrected chi connectivity index (χ4v) is 10.1. The van der Waals surface area contributed by atoms with Crippen molar-refractivity contribution in [2.24, 2.45) is 11.3 Å². The van der Waals surface area contributed by atoms with Gasteiger partial charge in [-0.1, -0.05) is 17.7 Å². The molecule has 0 aliphatic carbocycles. The van der Waals surface area contributed by atoms with Crippen molar-refractivity contribution in [2.75, 3.05) is 80.1 Å². The Morgan fingerprint density at radius 2 is 1.69 bits per heavy atom. The molecule has 1 aromatic heterocycles. The number of carbonyl (C=O) groups excluding carboxylic acids is 5. The predicted molar refractivity (Wildman–Crippen MR) is 216 cm³/mol. The summed E-state index contributed by atoms with van der Waals surface area (Å²) in [6.45, 7) is 16.6. The number of fused-ring (bicyclic) bond motifs is 1. The van der Waals surface area contributed by atoms with Crippen LogP contribution in [0.25, 0.3) is 4.85 Å². The number of hydrogen-bond donors (Lipinski definition) is 1. The summed E-state index contributed by atoms with van der Waals surface area (Å²) in [6.07, 6.45) is 6.47. The third-order valence-corrected chi connectivity index (χ3v) is 13.4. The first-order chi connectivity index (χ1) is 28.4. The van der Waals surface area contributed by atoms with E-state index in [0.717, 1.165) is 67.9 Å². The Labute approximate surface area is 345 Å². The first-order valence-corrected chi connectivity index (χ1v) is 20.6. The van der Waals surface area contributed by atoms with Crippen LogP contribution in [0, 0.1) is 23.7 Å². The number of aromatic nitrogens is 2. The summed E-state index contributed by atoms with van der Waals surface area (Å²) in [4.78, 5) is 87.9. The molecule has 5 amide bonds. The van der Waals surface area contributed by atoms with Gasteiger partial charge in [0.05, 0.1) is 35.8 Å². The van der Waals surface area contributed by atoms with Crippen molar-refractivity contribution in [3.63, 3.8) is 0 Å². The highest BCUT2D eigenvalue weighted by atomic mass is 35.5. The number of piperidine rings is 2. The SMILES string of the molecule is [C-]#[N+]c1ccc(N2CC3(CCN(c4cnc(C(=O)N5CCN(CC6CN(c7cc8c(cc7F)C(=O)N(C7CCC(=O)NC7=O)C8=O)C6)CC5)cn4)CC3)C[C@@H]2C)cc1Cl. The first-order valence-electron chi connectivity index (χ1n) is 20.2. The van der Waals surface area contributed by atoms with Crippen LogP contribution in [0.2, 0.25) is 5.02 Å². The molecule has 0 radical (unpaired) electrons. The third kappa shape index (κ3) is 7.14. The number of imide groups is 2. The fraction of sp³-hybridized carbons (Fsp3) is 0.476. The smallest absolute Gasteiger partial charge is 0.274 e. The van der Waals surface area contributed by atoms with Gasteiger partial charge < -0.3 is 19.6 Å². The van der Waals surface area contributed by atoms with E-state index in [1.165, 1.54) is 6.07 Å². The molecule has 17 heteroatoms. The second kappa shape index (κ2) is 15.2. The summed E-state index contributed by atoms with van der Waals surface area (Å²) in [5, 5.41) is 2.66. The number of piperazine rings is 1. The molecule has 2 aromatic carbocycles. The molecule has 59 heavy (non-hydrogen) atoms. The quantitative estimate of drug-likeness (QED) is 0.273. The van der Waals surface area contributed by atoms with Crippen molar-refractivity contribution >= 4 is 64.0 Å². The van der Waals surface area contributed by atoms with Gasteiger partial charge in [0, 0.05) is 94.5 Å². The average Bonchev–Trinajstić information content (AvgIpc) is 3.66. The van der Waals surface area contributed by atoms with Gasteiger partial charge in [0.1, 0.15) is 23.4 Å². The van der Waals surface area contributed by atoms with Gasteiger partial charge in [0.15, 0.2) is 0 Å². The van der Waals surface area contributed by atoms with Crippen LogP contribution in [-0.4, -0.2) is 132 Å². The third-order valence-electron chi connectivity index (χ3n) is 13.1. The van der Waals surface area contributed by atoms with Crippen molar-refractivity contribution in [1.29, 1.82) is 0 Å². The number of nitrogens with one attached hydrogen (secondary N) is 1. The lowest BCUT2D eigenvalue weighted by molar-refractivity contribution is -0.136. The summed E-state index contributed by atoms with van der Waals surface area (Å²) in [6, 6.07) is 7.43. The van der Waals surface area contributed by atoms with Gasteiger partial charge in [-0.05, 0) is 62.3 Å². The number of anilines is 3. The Balaban J connectivity index is 0.730. The molecule has 0 bridgehead atoms. The Morgan fingerprint density at radius 1 is 0.966 bits per heavy atom. The normalized spacial score (nSPS) is 23.5. The molecule has 3 aromatic rings. The molecule has 2 atom stereocenters. The largest absolute Gasteiger partial charge is 0.368 e. The summed E-state index contributed by atoms with van der Waals surface area (Å²) >= 11 is 6.37. The minimum atomic E-state index is -1.11. The second-order valence-electron chi connectivity index (χ2n) is 16.8. The lowest BCUT2D eigenvalue weighted by Crippen LogP contribution is -2.55. The standard InChI is InChI=1S/C42H44ClFN10O5/c1-25-18-42(24-53(25)27-3-4-32(45-2)30(43)15-27)7-9-50(10-8-42)36-20-46-33(19-47-36)41(59)51-13-11-49(12-14-51)21-26-22-52(23-26)35-17-29-28(16-31(35)44)39(57)54(40(29)58)34-5-6-37(55)48-38(34)56/h3-4,15-17,19-20,25-26,34H,5-14,18,21-24H2,1H3,(H,48,55,56)/t25-,34?/m0/s1. The molecule has 5 saturated heterocycles. The minimum Gasteiger partial charge on any atom is -0.368 e. The zero-order valence-electron chi connectivity index (χ0n) is 32.7. The highest BCUT2D eigenvalue weighted by molar-refractivity contribution is 6.33. The lowest BCUT2D eigenvalue weighted by atomic mass is 9.77. The van der Waals surface area contributed by atoms with E-state index < -0.39 is 35.5 Å². The fourth-order valence-electron chi connectivity index (χ4n) is 9.86. The molecule has 6 aliphatic heterocycles. The van der Waals surface area contributed by atoms with E-state index in [9.17, 15) is 24.0 Å². The number of rotatable bonds is 7. The molecular weight excluding hydrogens is 779 g/mol. The van der Waals surface area contributed by atoms with Crippen molar-refractivity contribution in [3.05, 3.63) is 81.8 Å². The summed E-state index contributed by atoms with van der Waals surface area (Å²) in [5.74, 6) is -2.29. The van der Waals surface area contributed by atoms with Gasteiger partial charge in [-0.2, -0.15) is 0 Å². The molecule has 9 rings (SSSR count). The van der Waals surface area contributed by atoms with E-state index in [4.69, 9.17) is 18.2 Å². The maximum Gasteiger partial charge on any atom is 0.274 e. The van der Waals surface area contributed by atoms with Crippen LogP contribution >= 0.6 is 11.6 Å². The molecule has 6 aliphatic rings. The lowest BCUT2D eigenvalue weighted by Gasteiger charge is -2.44. The predicted octanol–water partition coefficient (Wildman–Crippen LogP) is 4.00. The number of carbonyl (C=O) groups is 5. The number of amides is 5. The molecule has 15 nitrogen and oxygen atoms in total. The Bertz CT molecular complexity index is 2280. The molecular formula is C42H44ClFN10O5. The van der Waals surface area contributed by atoms with E-state index in [1.807, 2.05) is 21.9 Å². The zero-order chi connectivity index (χ0) is 41.2. The van der Waals surface area contributed by atoms with Crippen molar-refractivity contribution < 1.29 is 28.4 Å². The van der Waals surface area contributed by atoms with Gasteiger partial charge >= 0.3 is 0 Å². The number of halogens is 2. The van der Waals surface area contributed by atoms with Crippen LogP contribution < -0.4 is 20.0 Å². The number of nitrogens with zero attached hydrogens (tertiary/aromatic N) is 9. The summed E-state index contributed by atoms with van der Waals surface area (Å²) < 4.78 is 15.3. The first kappa shape index (κ1) is 38.8. The number of benzene rings is 2. The van der Waals surface area contributed by atoms with Gasteiger partial charge in [0.2, 0.25) is 17.5 Å². The molecule has 5 fully saturated rings. The van der Waals surface area contributed by atoms with E-state index in [1.54, 1.807) is 18.5 Å². The van der Waals surface area contributed by atoms with Crippen molar-refractivity contribution in [1.82, 2.24) is 30.0 Å². The van der Waals surface area contributed by atoms with Crippen molar-refractivity contribution in [2.45, 2.75) is 51.1 Å². The van der Waals surface area contributed by atoms with Crippen LogP contribution in [0.1, 0.15) is 70.2 Å². The summed E-state index contributed by atoms with van der Waals surface area (Å²) in [7, 11) is 0. The topological polar surface area (TPSA) is 147 Å². The van der Waals surface area contributed by atoms with Crippen molar-refractivity contribution in [3.8, 4) is 0 Å². The number of hydrogen-bond acceptors (Lipinski definition) is 11. The maximum atomic E-state index is 15.3. The maximum absolute atomic E-state index is 15.3. The molecule has 306 valence electrons. The van der Waals surface area contributed by atoms with E-state index >= 15 is 4.39 Å². The Hall–Kier alpha value is -5.66. The molecule has 1 unspecified atom stereocenters. The highest BCUT2D eigenvalue weighted by Gasteiger charge is 2.47.